The van der Waals surface area contributed by atoms with Crippen molar-refractivity contribution in [2.75, 3.05) is 38.0 Å². The van der Waals surface area contributed by atoms with Crippen LogP contribution in [0.5, 0.6) is 0 Å². The highest BCUT2D eigenvalue weighted by molar-refractivity contribution is 5.62. The summed E-state index contributed by atoms with van der Waals surface area (Å²) in [4.78, 5) is 2.64. The Morgan fingerprint density at radius 3 is 2.67 bits per heavy atom. The molecule has 0 aliphatic carbocycles. The second-order valence-electron chi connectivity index (χ2n) is 5.49. The Labute approximate surface area is 110 Å². The molecule has 0 amide bonds. The summed E-state index contributed by atoms with van der Waals surface area (Å²) in [5, 5.41) is 7.04. The summed E-state index contributed by atoms with van der Waals surface area (Å²) in [5.74, 6) is 0. The third-order valence-corrected chi connectivity index (χ3v) is 4.44. The normalized spacial score (nSPS) is 24.4. The molecule has 0 spiro atoms. The molecule has 0 saturated carbocycles. The molecule has 1 saturated heterocycles. The Kier molecular flexibility index (Phi) is 3.27. The topological polar surface area (TPSA) is 27.3 Å². The van der Waals surface area contributed by atoms with Crippen molar-refractivity contribution < 1.29 is 0 Å². The molecular weight excluding hydrogens is 222 g/mol. The van der Waals surface area contributed by atoms with Crippen LogP contribution < -0.4 is 10.6 Å². The Morgan fingerprint density at radius 2 is 1.89 bits per heavy atom. The first kappa shape index (κ1) is 12.0. The SMILES string of the molecule is Cc1ccc2c(c1C)NCCC2N1CCNCC1. The van der Waals surface area contributed by atoms with Gasteiger partial charge in [-0.2, -0.15) is 0 Å². The predicted octanol–water partition coefficient (Wildman–Crippen LogP) is 2.07. The van der Waals surface area contributed by atoms with Crippen LogP contribution in [-0.4, -0.2) is 37.6 Å². The first-order valence-corrected chi connectivity index (χ1v) is 7.06. The van der Waals surface area contributed by atoms with Crippen molar-refractivity contribution in [1.82, 2.24) is 10.2 Å². The van der Waals surface area contributed by atoms with E-state index in [1.165, 1.54) is 41.9 Å². The number of hydrogen-bond donors (Lipinski definition) is 2. The quantitative estimate of drug-likeness (QED) is 0.793. The molecule has 3 nitrogen and oxygen atoms in total. The van der Waals surface area contributed by atoms with Crippen LogP contribution in [0.1, 0.15) is 29.2 Å². The lowest BCUT2D eigenvalue weighted by atomic mass is 9.91. The number of nitrogens with zero attached hydrogens (tertiary/aromatic N) is 1. The zero-order chi connectivity index (χ0) is 12.5. The van der Waals surface area contributed by atoms with Gasteiger partial charge in [-0.05, 0) is 37.0 Å². The first-order valence-electron chi connectivity index (χ1n) is 7.06. The number of hydrogen-bond acceptors (Lipinski definition) is 3. The highest BCUT2D eigenvalue weighted by Crippen LogP contribution is 2.37. The maximum atomic E-state index is 3.60. The average molecular weight is 245 g/mol. The van der Waals surface area contributed by atoms with Crippen molar-refractivity contribution in [3.8, 4) is 0 Å². The molecule has 2 N–H and O–H groups in total. The Morgan fingerprint density at radius 1 is 1.11 bits per heavy atom. The molecule has 0 radical (unpaired) electrons. The van der Waals surface area contributed by atoms with E-state index in [9.17, 15) is 0 Å². The van der Waals surface area contributed by atoms with Gasteiger partial charge in [-0.15, -0.1) is 0 Å². The van der Waals surface area contributed by atoms with Crippen molar-refractivity contribution in [2.24, 2.45) is 0 Å². The summed E-state index contributed by atoms with van der Waals surface area (Å²) in [6, 6.07) is 5.22. The summed E-state index contributed by atoms with van der Waals surface area (Å²) >= 11 is 0. The molecule has 0 aromatic heterocycles. The van der Waals surface area contributed by atoms with E-state index in [2.05, 4.69) is 41.5 Å². The van der Waals surface area contributed by atoms with Gasteiger partial charge < -0.3 is 10.6 Å². The molecule has 3 heteroatoms. The minimum atomic E-state index is 0.614. The predicted molar refractivity (Wildman–Crippen MR) is 76.2 cm³/mol. The van der Waals surface area contributed by atoms with Crippen LogP contribution in [0.25, 0.3) is 0 Å². The van der Waals surface area contributed by atoms with Crippen molar-refractivity contribution in [3.63, 3.8) is 0 Å². The molecular formula is C15H23N3. The van der Waals surface area contributed by atoms with Crippen LogP contribution >= 0.6 is 0 Å². The van der Waals surface area contributed by atoms with Gasteiger partial charge in [0.2, 0.25) is 0 Å². The number of benzene rings is 1. The highest BCUT2D eigenvalue weighted by atomic mass is 15.2. The maximum Gasteiger partial charge on any atom is 0.0421 e. The van der Waals surface area contributed by atoms with Crippen molar-refractivity contribution >= 4 is 5.69 Å². The molecule has 98 valence electrons. The van der Waals surface area contributed by atoms with E-state index < -0.39 is 0 Å². The molecule has 2 aliphatic heterocycles. The van der Waals surface area contributed by atoms with Crippen molar-refractivity contribution in [1.29, 1.82) is 0 Å². The lowest BCUT2D eigenvalue weighted by Crippen LogP contribution is -2.46. The van der Waals surface area contributed by atoms with E-state index in [0.29, 0.717) is 6.04 Å². The summed E-state index contributed by atoms with van der Waals surface area (Å²) in [5.41, 5.74) is 5.71. The Balaban J connectivity index is 1.94. The Bertz CT molecular complexity index is 436. The van der Waals surface area contributed by atoms with Crippen LogP contribution in [0.3, 0.4) is 0 Å². The smallest absolute Gasteiger partial charge is 0.0421 e. The van der Waals surface area contributed by atoms with Gasteiger partial charge in [0.15, 0.2) is 0 Å². The minimum Gasteiger partial charge on any atom is -0.384 e. The monoisotopic (exact) mass is 245 g/mol. The summed E-state index contributed by atoms with van der Waals surface area (Å²) in [6.45, 7) is 10.2. The van der Waals surface area contributed by atoms with E-state index in [-0.39, 0.29) is 0 Å². The van der Waals surface area contributed by atoms with Crippen LogP contribution in [0, 0.1) is 13.8 Å². The standard InChI is InChI=1S/C15H23N3/c1-11-3-4-13-14(18-9-7-16-8-10-18)5-6-17-15(13)12(11)2/h3-4,14,16-17H,5-10H2,1-2H3. The number of rotatable bonds is 1. The van der Waals surface area contributed by atoms with E-state index in [1.54, 1.807) is 0 Å². The summed E-state index contributed by atoms with van der Waals surface area (Å²) < 4.78 is 0. The lowest BCUT2D eigenvalue weighted by Gasteiger charge is -2.39. The van der Waals surface area contributed by atoms with Crippen molar-refractivity contribution in [2.45, 2.75) is 26.3 Å². The number of anilines is 1. The second kappa shape index (κ2) is 4.90. The molecule has 18 heavy (non-hydrogen) atoms. The van der Waals surface area contributed by atoms with Crippen LogP contribution in [0.2, 0.25) is 0 Å². The summed E-state index contributed by atoms with van der Waals surface area (Å²) in [7, 11) is 0. The molecule has 1 atom stereocenters. The molecule has 1 aromatic rings. The number of aryl methyl sites for hydroxylation is 1. The molecule has 1 unspecified atom stereocenters. The average Bonchev–Trinajstić information content (AvgIpc) is 2.43. The van der Waals surface area contributed by atoms with Crippen molar-refractivity contribution in [3.05, 3.63) is 28.8 Å². The largest absolute Gasteiger partial charge is 0.384 e. The third-order valence-electron chi connectivity index (χ3n) is 4.44. The third kappa shape index (κ3) is 2.02. The highest BCUT2D eigenvalue weighted by Gasteiger charge is 2.27. The van der Waals surface area contributed by atoms with Gasteiger partial charge in [-0.1, -0.05) is 12.1 Å². The van der Waals surface area contributed by atoms with Gasteiger partial charge in [0.1, 0.15) is 0 Å². The van der Waals surface area contributed by atoms with Gasteiger partial charge in [0.25, 0.3) is 0 Å². The molecule has 3 rings (SSSR count). The fourth-order valence-corrected chi connectivity index (χ4v) is 3.21. The van der Waals surface area contributed by atoms with Gasteiger partial charge in [-0.25, -0.2) is 0 Å². The van der Waals surface area contributed by atoms with Crippen LogP contribution in [0.15, 0.2) is 12.1 Å². The van der Waals surface area contributed by atoms with Gasteiger partial charge >= 0.3 is 0 Å². The number of nitrogens with one attached hydrogen (secondary N) is 2. The van der Waals surface area contributed by atoms with E-state index in [0.717, 1.165) is 19.6 Å². The molecule has 1 aromatic carbocycles. The minimum absolute atomic E-state index is 0.614. The van der Waals surface area contributed by atoms with Gasteiger partial charge in [-0.3, -0.25) is 4.90 Å². The van der Waals surface area contributed by atoms with Crippen LogP contribution in [0.4, 0.5) is 5.69 Å². The molecule has 2 aliphatic rings. The fraction of sp³-hybridized carbons (Fsp3) is 0.600. The fourth-order valence-electron chi connectivity index (χ4n) is 3.21. The van der Waals surface area contributed by atoms with E-state index in [1.807, 2.05) is 0 Å². The van der Waals surface area contributed by atoms with Gasteiger partial charge in [0, 0.05) is 44.5 Å². The molecule has 1 fully saturated rings. The zero-order valence-electron chi connectivity index (χ0n) is 11.4. The maximum absolute atomic E-state index is 3.60. The number of piperazine rings is 1. The lowest BCUT2D eigenvalue weighted by molar-refractivity contribution is 0.166. The van der Waals surface area contributed by atoms with E-state index in [4.69, 9.17) is 0 Å². The number of fused-ring (bicyclic) bond motifs is 1. The van der Waals surface area contributed by atoms with Gasteiger partial charge in [0.05, 0.1) is 0 Å². The van der Waals surface area contributed by atoms with E-state index >= 15 is 0 Å². The van der Waals surface area contributed by atoms with Crippen LogP contribution in [-0.2, 0) is 0 Å². The zero-order valence-corrected chi connectivity index (χ0v) is 11.4. The Hall–Kier alpha value is -1.06. The first-order chi connectivity index (χ1) is 8.77. The molecule has 2 heterocycles. The second-order valence-corrected chi connectivity index (χ2v) is 5.49. The summed E-state index contributed by atoms with van der Waals surface area (Å²) in [6.07, 6.45) is 1.23. The molecule has 0 bridgehead atoms.